The SMILES string of the molecule is CCCSNCc1c2c(nc3cc(F)c(C)cc13)-c1cc(C(O)C=O)c(COC)c(=O)n1C2. The lowest BCUT2D eigenvalue weighted by Gasteiger charge is -2.14. The molecule has 0 saturated carbocycles. The number of carbonyl (C=O) groups is 1. The molecule has 3 heterocycles. The molecule has 0 aliphatic carbocycles. The van der Waals surface area contributed by atoms with Crippen LogP contribution in [0.15, 0.2) is 23.0 Å². The van der Waals surface area contributed by atoms with E-state index in [0.29, 0.717) is 41.8 Å². The summed E-state index contributed by atoms with van der Waals surface area (Å²) in [5, 5.41) is 11.1. The fraction of sp³-hybridized carbons (Fsp3) is 0.375. The maximum absolute atomic E-state index is 14.4. The minimum Gasteiger partial charge on any atom is -0.381 e. The third-order valence-corrected chi connectivity index (χ3v) is 6.83. The number of rotatable bonds is 9. The molecule has 0 bridgehead atoms. The second kappa shape index (κ2) is 9.72. The summed E-state index contributed by atoms with van der Waals surface area (Å²) in [6, 6.07) is 4.82. The summed E-state index contributed by atoms with van der Waals surface area (Å²) in [4.78, 5) is 29.4. The number of carbonyl (C=O) groups excluding carboxylic acids is 1. The number of aromatic nitrogens is 2. The molecule has 7 nitrogen and oxygen atoms in total. The molecule has 174 valence electrons. The molecule has 0 radical (unpaired) electrons. The van der Waals surface area contributed by atoms with Gasteiger partial charge < -0.3 is 19.2 Å². The van der Waals surface area contributed by atoms with Crippen LogP contribution in [0.4, 0.5) is 4.39 Å². The van der Waals surface area contributed by atoms with Crippen LogP contribution in [0, 0.1) is 12.7 Å². The van der Waals surface area contributed by atoms with Crippen molar-refractivity contribution in [2.24, 2.45) is 0 Å². The minimum atomic E-state index is -1.45. The van der Waals surface area contributed by atoms with Crippen LogP contribution in [-0.4, -0.2) is 33.8 Å². The molecule has 1 aliphatic rings. The van der Waals surface area contributed by atoms with Crippen molar-refractivity contribution < 1.29 is 19.0 Å². The van der Waals surface area contributed by atoms with Crippen LogP contribution in [0.2, 0.25) is 0 Å². The van der Waals surface area contributed by atoms with E-state index in [9.17, 15) is 19.1 Å². The van der Waals surface area contributed by atoms with Crippen molar-refractivity contribution in [3.8, 4) is 11.4 Å². The zero-order valence-electron chi connectivity index (χ0n) is 18.8. The van der Waals surface area contributed by atoms with Crippen LogP contribution in [0.1, 0.15) is 47.3 Å². The van der Waals surface area contributed by atoms with Gasteiger partial charge in [0.25, 0.3) is 5.56 Å². The quantitative estimate of drug-likeness (QED) is 0.220. The molecule has 0 fully saturated rings. The summed E-state index contributed by atoms with van der Waals surface area (Å²) in [5.41, 5.74) is 4.00. The Morgan fingerprint density at radius 2 is 2.15 bits per heavy atom. The first kappa shape index (κ1) is 23.6. The first-order valence-corrected chi connectivity index (χ1v) is 11.7. The minimum absolute atomic E-state index is 0.0302. The number of aryl methyl sites for hydroxylation is 1. The highest BCUT2D eigenvalue weighted by Crippen LogP contribution is 2.37. The number of ether oxygens (including phenoxy) is 1. The Morgan fingerprint density at radius 3 is 2.85 bits per heavy atom. The number of nitrogens with zero attached hydrogens (tertiary/aromatic N) is 2. The van der Waals surface area contributed by atoms with Gasteiger partial charge in [0.05, 0.1) is 30.1 Å². The van der Waals surface area contributed by atoms with Crippen LogP contribution >= 0.6 is 11.9 Å². The second-order valence-electron chi connectivity index (χ2n) is 8.07. The lowest BCUT2D eigenvalue weighted by Crippen LogP contribution is -2.26. The number of aldehydes is 1. The van der Waals surface area contributed by atoms with Crippen LogP contribution in [0.3, 0.4) is 0 Å². The monoisotopic (exact) mass is 471 g/mol. The van der Waals surface area contributed by atoms with Gasteiger partial charge in [0, 0.05) is 47.6 Å². The molecule has 1 atom stereocenters. The molecule has 0 saturated heterocycles. The fourth-order valence-corrected chi connectivity index (χ4v) is 4.82. The molecular formula is C24H26FN3O4S. The summed E-state index contributed by atoms with van der Waals surface area (Å²) >= 11 is 1.61. The standard InChI is InChI=1S/C24H26FN3O4S/c1-4-5-33-26-9-16-14-6-13(2)19(25)8-20(14)27-23-17(16)10-28-21(23)7-15(22(30)11-29)18(12-32-3)24(28)31/h6-8,11,22,26,30H,4-5,9-10,12H2,1-3H3. The molecular weight excluding hydrogens is 445 g/mol. The van der Waals surface area contributed by atoms with Gasteiger partial charge in [-0.15, -0.1) is 0 Å². The van der Waals surface area contributed by atoms with E-state index in [1.807, 2.05) is 0 Å². The van der Waals surface area contributed by atoms with E-state index in [1.54, 1.807) is 35.6 Å². The Bertz CT molecular complexity index is 1290. The molecule has 2 aromatic heterocycles. The van der Waals surface area contributed by atoms with Crippen LogP contribution in [0.5, 0.6) is 0 Å². The van der Waals surface area contributed by atoms with Crippen molar-refractivity contribution in [1.29, 1.82) is 0 Å². The highest BCUT2D eigenvalue weighted by Gasteiger charge is 2.29. The number of hydrogen-bond donors (Lipinski definition) is 2. The second-order valence-corrected chi connectivity index (χ2v) is 9.06. The third kappa shape index (κ3) is 4.21. The first-order chi connectivity index (χ1) is 15.9. The lowest BCUT2D eigenvalue weighted by molar-refractivity contribution is -0.115. The van der Waals surface area contributed by atoms with E-state index < -0.39 is 6.10 Å². The Hall–Kier alpha value is -2.59. The van der Waals surface area contributed by atoms with E-state index in [0.717, 1.165) is 28.7 Å². The Kier molecular flexibility index (Phi) is 6.94. The maximum Gasteiger partial charge on any atom is 0.257 e. The predicted molar refractivity (Wildman–Crippen MR) is 127 cm³/mol. The van der Waals surface area contributed by atoms with Gasteiger partial charge in [0.2, 0.25) is 0 Å². The van der Waals surface area contributed by atoms with Crippen molar-refractivity contribution >= 4 is 29.1 Å². The molecule has 3 aromatic rings. The Labute approximate surface area is 195 Å². The average molecular weight is 472 g/mol. The Balaban J connectivity index is 1.95. The predicted octanol–water partition coefficient (Wildman–Crippen LogP) is 3.40. The maximum atomic E-state index is 14.4. The van der Waals surface area contributed by atoms with Crippen molar-refractivity contribution in [2.75, 3.05) is 12.9 Å². The average Bonchev–Trinajstić information content (AvgIpc) is 3.17. The summed E-state index contributed by atoms with van der Waals surface area (Å²) in [6.07, 6.45) is -0.0418. The van der Waals surface area contributed by atoms with Crippen LogP contribution in [0.25, 0.3) is 22.3 Å². The van der Waals surface area contributed by atoms with E-state index >= 15 is 0 Å². The molecule has 1 aromatic carbocycles. The highest BCUT2D eigenvalue weighted by molar-refractivity contribution is 7.97. The molecule has 1 unspecified atom stereocenters. The molecule has 1 aliphatic heterocycles. The fourth-order valence-electron chi connectivity index (χ4n) is 4.23. The number of benzene rings is 1. The first-order valence-electron chi connectivity index (χ1n) is 10.8. The van der Waals surface area contributed by atoms with Gasteiger partial charge >= 0.3 is 0 Å². The largest absolute Gasteiger partial charge is 0.381 e. The van der Waals surface area contributed by atoms with E-state index in [-0.39, 0.29) is 29.1 Å². The van der Waals surface area contributed by atoms with Gasteiger partial charge in [-0.05, 0) is 36.6 Å². The number of halogens is 1. The smallest absolute Gasteiger partial charge is 0.257 e. The zero-order chi connectivity index (χ0) is 23.7. The van der Waals surface area contributed by atoms with Gasteiger partial charge in [-0.1, -0.05) is 18.9 Å². The third-order valence-electron chi connectivity index (χ3n) is 5.87. The number of pyridine rings is 2. The Morgan fingerprint density at radius 1 is 1.36 bits per heavy atom. The van der Waals surface area contributed by atoms with Crippen LogP contribution in [-0.2, 0) is 29.2 Å². The van der Waals surface area contributed by atoms with Gasteiger partial charge in [0.15, 0.2) is 6.29 Å². The molecule has 9 heteroatoms. The molecule has 4 rings (SSSR count). The van der Waals surface area contributed by atoms with Crippen molar-refractivity contribution in [3.05, 3.63) is 62.2 Å². The van der Waals surface area contributed by atoms with Crippen molar-refractivity contribution in [1.82, 2.24) is 14.3 Å². The summed E-state index contributed by atoms with van der Waals surface area (Å²) in [7, 11) is 1.45. The summed E-state index contributed by atoms with van der Waals surface area (Å²) < 4.78 is 24.5. The van der Waals surface area contributed by atoms with Crippen molar-refractivity contribution in [2.45, 2.75) is 46.1 Å². The number of aliphatic hydroxyl groups is 1. The van der Waals surface area contributed by atoms with Gasteiger partial charge in [0.1, 0.15) is 11.9 Å². The molecule has 33 heavy (non-hydrogen) atoms. The number of nitrogens with one attached hydrogen (secondary N) is 1. The number of hydrogen-bond acceptors (Lipinski definition) is 7. The van der Waals surface area contributed by atoms with Gasteiger partial charge in [-0.25, -0.2) is 9.37 Å². The van der Waals surface area contributed by atoms with Gasteiger partial charge in [-0.2, -0.15) is 0 Å². The summed E-state index contributed by atoms with van der Waals surface area (Å²) in [5.74, 6) is 0.600. The highest BCUT2D eigenvalue weighted by atomic mass is 32.2. The van der Waals surface area contributed by atoms with E-state index in [2.05, 4.69) is 11.6 Å². The van der Waals surface area contributed by atoms with Crippen LogP contribution < -0.4 is 10.3 Å². The van der Waals surface area contributed by atoms with Gasteiger partial charge in [-0.3, -0.25) is 9.52 Å². The molecule has 2 N–H and O–H groups in total. The van der Waals surface area contributed by atoms with E-state index in [4.69, 9.17) is 9.72 Å². The zero-order valence-corrected chi connectivity index (χ0v) is 19.6. The topological polar surface area (TPSA) is 93.5 Å². The summed E-state index contributed by atoms with van der Waals surface area (Å²) in [6.45, 7) is 4.61. The normalized spacial score (nSPS) is 13.2. The molecule has 0 spiro atoms. The number of fused-ring (bicyclic) bond motifs is 4. The van der Waals surface area contributed by atoms with E-state index in [1.165, 1.54) is 13.2 Å². The number of methoxy groups -OCH3 is 1. The van der Waals surface area contributed by atoms with Crippen molar-refractivity contribution in [3.63, 3.8) is 0 Å². The number of aliphatic hydroxyl groups excluding tert-OH is 1. The molecule has 0 amide bonds. The lowest BCUT2D eigenvalue weighted by atomic mass is 9.98.